The predicted octanol–water partition coefficient (Wildman–Crippen LogP) is 2.04. The highest BCUT2D eigenvalue weighted by Gasteiger charge is 2.11. The molecule has 0 saturated carbocycles. The monoisotopic (exact) mass is 209 g/mol. The van der Waals surface area contributed by atoms with Gasteiger partial charge in [0.15, 0.2) is 0 Å². The fraction of sp³-hybridized carbons (Fsp3) is 0.500. The second-order valence-corrected chi connectivity index (χ2v) is 3.55. The molecule has 0 fully saturated rings. The van der Waals surface area contributed by atoms with Crippen LogP contribution in [0.3, 0.4) is 0 Å². The summed E-state index contributed by atoms with van der Waals surface area (Å²) in [4.78, 5) is 0. The highest BCUT2D eigenvalue weighted by Crippen LogP contribution is 2.28. The number of hydrogen-bond donors (Lipinski definition) is 1. The summed E-state index contributed by atoms with van der Waals surface area (Å²) < 4.78 is 10.9. The second kappa shape index (κ2) is 5.73. The highest BCUT2D eigenvalue weighted by atomic mass is 16.5. The second-order valence-electron chi connectivity index (χ2n) is 3.55. The van der Waals surface area contributed by atoms with Gasteiger partial charge in [0.05, 0.1) is 19.8 Å². The van der Waals surface area contributed by atoms with E-state index in [1.807, 2.05) is 19.1 Å². The molecule has 2 N–H and O–H groups in total. The van der Waals surface area contributed by atoms with E-state index in [-0.39, 0.29) is 6.10 Å². The number of aryl methyl sites for hydroxylation is 1. The van der Waals surface area contributed by atoms with E-state index >= 15 is 0 Å². The Bertz CT molecular complexity index is 312. The molecule has 1 aromatic carbocycles. The number of hydrogen-bond acceptors (Lipinski definition) is 3. The van der Waals surface area contributed by atoms with Gasteiger partial charge in [0.2, 0.25) is 0 Å². The van der Waals surface area contributed by atoms with Crippen molar-refractivity contribution in [3.05, 3.63) is 29.3 Å². The molecule has 3 heteroatoms. The van der Waals surface area contributed by atoms with Crippen LogP contribution in [0.1, 0.15) is 24.2 Å². The zero-order valence-corrected chi connectivity index (χ0v) is 9.62. The Morgan fingerprint density at radius 1 is 1.40 bits per heavy atom. The van der Waals surface area contributed by atoms with Crippen molar-refractivity contribution in [2.45, 2.75) is 20.0 Å². The van der Waals surface area contributed by atoms with Crippen molar-refractivity contribution in [3.8, 4) is 5.75 Å². The van der Waals surface area contributed by atoms with Crippen molar-refractivity contribution in [3.63, 3.8) is 0 Å². The fourth-order valence-corrected chi connectivity index (χ4v) is 1.51. The predicted molar refractivity (Wildman–Crippen MR) is 61.2 cm³/mol. The molecule has 1 unspecified atom stereocenters. The number of rotatable bonds is 5. The zero-order chi connectivity index (χ0) is 11.3. The van der Waals surface area contributed by atoms with Crippen molar-refractivity contribution >= 4 is 0 Å². The lowest BCUT2D eigenvalue weighted by Crippen LogP contribution is -2.11. The van der Waals surface area contributed by atoms with Crippen LogP contribution < -0.4 is 10.5 Å². The maximum absolute atomic E-state index is 5.57. The summed E-state index contributed by atoms with van der Waals surface area (Å²) in [6, 6.07) is 6.07. The molecule has 1 atom stereocenters. The number of nitrogens with two attached hydrogens (primary N) is 1. The van der Waals surface area contributed by atoms with Gasteiger partial charge < -0.3 is 15.2 Å². The molecule has 0 heterocycles. The summed E-state index contributed by atoms with van der Waals surface area (Å²) >= 11 is 0. The van der Waals surface area contributed by atoms with E-state index in [0.717, 1.165) is 11.3 Å². The molecular formula is C12H19NO2. The molecule has 0 spiro atoms. The Morgan fingerprint density at radius 2 is 2.13 bits per heavy atom. The molecule has 0 amide bonds. The van der Waals surface area contributed by atoms with E-state index in [2.05, 4.69) is 13.0 Å². The van der Waals surface area contributed by atoms with Crippen LogP contribution in [0.2, 0.25) is 0 Å². The minimum absolute atomic E-state index is 0.0170. The first-order valence-electron chi connectivity index (χ1n) is 5.15. The first-order valence-corrected chi connectivity index (χ1v) is 5.15. The van der Waals surface area contributed by atoms with Crippen LogP contribution in [0, 0.1) is 6.92 Å². The minimum atomic E-state index is 0.0170. The average molecular weight is 209 g/mol. The number of benzene rings is 1. The summed E-state index contributed by atoms with van der Waals surface area (Å²) in [6.45, 7) is 5.17. The van der Waals surface area contributed by atoms with Gasteiger partial charge in [0, 0.05) is 12.1 Å². The molecular weight excluding hydrogens is 190 g/mol. The lowest BCUT2D eigenvalue weighted by Gasteiger charge is -2.16. The highest BCUT2D eigenvalue weighted by molar-refractivity contribution is 5.38. The number of methoxy groups -OCH3 is 1. The first kappa shape index (κ1) is 12.0. The molecule has 0 aromatic heterocycles. The lowest BCUT2D eigenvalue weighted by atomic mass is 10.1. The molecule has 3 nitrogen and oxygen atoms in total. The van der Waals surface area contributed by atoms with E-state index in [1.165, 1.54) is 5.56 Å². The fourth-order valence-electron chi connectivity index (χ4n) is 1.51. The van der Waals surface area contributed by atoms with Gasteiger partial charge in [-0.2, -0.15) is 0 Å². The summed E-state index contributed by atoms with van der Waals surface area (Å²) in [5.74, 6) is 0.866. The number of ether oxygens (including phenoxy) is 2. The van der Waals surface area contributed by atoms with Crippen LogP contribution in [0.5, 0.6) is 5.75 Å². The van der Waals surface area contributed by atoms with Gasteiger partial charge in [-0.3, -0.25) is 0 Å². The van der Waals surface area contributed by atoms with E-state index in [1.54, 1.807) is 7.11 Å². The molecule has 0 bridgehead atoms. The molecule has 15 heavy (non-hydrogen) atoms. The summed E-state index contributed by atoms with van der Waals surface area (Å²) in [6.07, 6.45) is 0.0170. The first-order chi connectivity index (χ1) is 7.19. The molecule has 0 aliphatic heterocycles. The van der Waals surface area contributed by atoms with Gasteiger partial charge in [-0.1, -0.05) is 11.6 Å². The molecule has 0 aliphatic rings. The third-order valence-corrected chi connectivity index (χ3v) is 2.31. The molecule has 0 radical (unpaired) electrons. The van der Waals surface area contributed by atoms with Gasteiger partial charge in [0.1, 0.15) is 5.75 Å². The van der Waals surface area contributed by atoms with Crippen molar-refractivity contribution in [1.82, 2.24) is 0 Å². The van der Waals surface area contributed by atoms with Crippen LogP contribution >= 0.6 is 0 Å². The van der Waals surface area contributed by atoms with Gasteiger partial charge >= 0.3 is 0 Å². The largest absolute Gasteiger partial charge is 0.496 e. The van der Waals surface area contributed by atoms with Crippen molar-refractivity contribution in [2.24, 2.45) is 5.73 Å². The summed E-state index contributed by atoms with van der Waals surface area (Å²) in [7, 11) is 1.67. The normalized spacial score (nSPS) is 12.5. The SMILES string of the molecule is COc1ccc(C)cc1C(C)OCCN. The van der Waals surface area contributed by atoms with E-state index in [0.29, 0.717) is 13.2 Å². The standard InChI is InChI=1S/C12H19NO2/c1-9-4-5-12(14-3)11(8-9)10(2)15-7-6-13/h4-5,8,10H,6-7,13H2,1-3H3. The molecule has 1 rings (SSSR count). The molecule has 84 valence electrons. The van der Waals surface area contributed by atoms with E-state index in [4.69, 9.17) is 15.2 Å². The molecule has 0 aliphatic carbocycles. The third-order valence-electron chi connectivity index (χ3n) is 2.31. The zero-order valence-electron chi connectivity index (χ0n) is 9.62. The molecule has 0 saturated heterocycles. The minimum Gasteiger partial charge on any atom is -0.496 e. The summed E-state index contributed by atoms with van der Waals surface area (Å²) in [5.41, 5.74) is 7.68. The van der Waals surface area contributed by atoms with Gasteiger partial charge in [-0.05, 0) is 26.0 Å². The Morgan fingerprint density at radius 3 is 2.73 bits per heavy atom. The van der Waals surface area contributed by atoms with Crippen LogP contribution in [-0.4, -0.2) is 20.3 Å². The maximum Gasteiger partial charge on any atom is 0.124 e. The van der Waals surface area contributed by atoms with E-state index in [9.17, 15) is 0 Å². The van der Waals surface area contributed by atoms with Gasteiger partial charge in [-0.15, -0.1) is 0 Å². The Balaban J connectivity index is 2.85. The van der Waals surface area contributed by atoms with Crippen molar-refractivity contribution in [1.29, 1.82) is 0 Å². The van der Waals surface area contributed by atoms with Crippen molar-refractivity contribution < 1.29 is 9.47 Å². The average Bonchev–Trinajstić information content (AvgIpc) is 2.25. The van der Waals surface area contributed by atoms with Crippen LogP contribution in [0.25, 0.3) is 0 Å². The van der Waals surface area contributed by atoms with Crippen molar-refractivity contribution in [2.75, 3.05) is 20.3 Å². The van der Waals surface area contributed by atoms with Crippen LogP contribution in [-0.2, 0) is 4.74 Å². The third kappa shape index (κ3) is 3.22. The quantitative estimate of drug-likeness (QED) is 0.807. The van der Waals surface area contributed by atoms with Crippen LogP contribution in [0.4, 0.5) is 0 Å². The lowest BCUT2D eigenvalue weighted by molar-refractivity contribution is 0.0699. The van der Waals surface area contributed by atoms with Gasteiger partial charge in [0.25, 0.3) is 0 Å². The smallest absolute Gasteiger partial charge is 0.124 e. The van der Waals surface area contributed by atoms with E-state index < -0.39 is 0 Å². The Labute approximate surface area is 91.2 Å². The Hall–Kier alpha value is -1.06. The molecule has 1 aromatic rings. The summed E-state index contributed by atoms with van der Waals surface area (Å²) in [5, 5.41) is 0. The van der Waals surface area contributed by atoms with Crippen LogP contribution in [0.15, 0.2) is 18.2 Å². The van der Waals surface area contributed by atoms with Gasteiger partial charge in [-0.25, -0.2) is 0 Å². The maximum atomic E-state index is 5.57. The Kier molecular flexibility index (Phi) is 4.59. The topological polar surface area (TPSA) is 44.5 Å².